The molecule has 1 saturated heterocycles. The number of rotatable bonds is 3. The molecule has 0 spiro atoms. The Labute approximate surface area is 118 Å². The van der Waals surface area contributed by atoms with Crippen LogP contribution in [-0.2, 0) is 0 Å². The van der Waals surface area contributed by atoms with Crippen LogP contribution in [0.15, 0.2) is 24.5 Å². The molecule has 6 heteroatoms. The average Bonchev–Trinajstić information content (AvgIpc) is 2.97. The van der Waals surface area contributed by atoms with E-state index < -0.39 is 0 Å². The molecule has 0 amide bonds. The van der Waals surface area contributed by atoms with Crippen molar-refractivity contribution in [2.45, 2.75) is 25.8 Å². The van der Waals surface area contributed by atoms with Crippen LogP contribution < -0.4 is 5.32 Å². The van der Waals surface area contributed by atoms with Crippen LogP contribution in [0, 0.1) is 6.92 Å². The zero-order valence-corrected chi connectivity index (χ0v) is 12.0. The molecule has 6 nitrogen and oxygen atoms in total. The molecule has 106 valence electrons. The molecule has 0 saturated carbocycles. The molecule has 20 heavy (non-hydrogen) atoms. The summed E-state index contributed by atoms with van der Waals surface area (Å²) in [5.41, 5.74) is 3.31. The molecule has 1 aliphatic heterocycles. The summed E-state index contributed by atoms with van der Waals surface area (Å²) in [6.45, 7) is 4.38. The summed E-state index contributed by atoms with van der Waals surface area (Å²) < 4.78 is 1.70. The van der Waals surface area contributed by atoms with Gasteiger partial charge >= 0.3 is 0 Å². The summed E-state index contributed by atoms with van der Waals surface area (Å²) in [7, 11) is 2.18. The van der Waals surface area contributed by atoms with Gasteiger partial charge in [0.15, 0.2) is 0 Å². The predicted octanol–water partition coefficient (Wildman–Crippen LogP) is 1.48. The van der Waals surface area contributed by atoms with Crippen molar-refractivity contribution in [1.29, 1.82) is 0 Å². The third kappa shape index (κ3) is 2.80. The number of nitrogens with one attached hydrogen (secondary N) is 1. The van der Waals surface area contributed by atoms with Gasteiger partial charge in [-0.25, -0.2) is 4.68 Å². The number of anilines is 1. The number of likely N-dealkylation sites (tertiary alicyclic amines) is 1. The van der Waals surface area contributed by atoms with Gasteiger partial charge in [-0.2, -0.15) is 0 Å². The molecule has 0 unspecified atom stereocenters. The summed E-state index contributed by atoms with van der Waals surface area (Å²) in [6.07, 6.45) is 4.00. The Bertz CT molecular complexity index is 557. The first kappa shape index (κ1) is 13.1. The van der Waals surface area contributed by atoms with Crippen molar-refractivity contribution in [3.05, 3.63) is 30.1 Å². The Morgan fingerprint density at radius 2 is 2.05 bits per heavy atom. The summed E-state index contributed by atoms with van der Waals surface area (Å²) in [4.78, 5) is 2.37. The van der Waals surface area contributed by atoms with Crippen LogP contribution in [0.4, 0.5) is 5.69 Å². The number of tetrazole rings is 1. The average molecular weight is 272 g/mol. The lowest BCUT2D eigenvalue weighted by Gasteiger charge is -2.30. The summed E-state index contributed by atoms with van der Waals surface area (Å²) >= 11 is 0. The first-order chi connectivity index (χ1) is 9.72. The third-order valence-electron chi connectivity index (χ3n) is 3.89. The van der Waals surface area contributed by atoms with Crippen LogP contribution in [0.3, 0.4) is 0 Å². The Kier molecular flexibility index (Phi) is 3.64. The topological polar surface area (TPSA) is 58.9 Å². The highest BCUT2D eigenvalue weighted by Gasteiger charge is 2.16. The Morgan fingerprint density at radius 1 is 1.25 bits per heavy atom. The highest BCUT2D eigenvalue weighted by atomic mass is 15.5. The lowest BCUT2D eigenvalue weighted by Crippen LogP contribution is -2.36. The summed E-state index contributed by atoms with van der Waals surface area (Å²) in [5, 5.41) is 15.0. The summed E-state index contributed by atoms with van der Waals surface area (Å²) in [5.74, 6) is 0. The summed E-state index contributed by atoms with van der Waals surface area (Å²) in [6, 6.07) is 6.90. The van der Waals surface area contributed by atoms with Crippen LogP contribution in [0.5, 0.6) is 0 Å². The molecule has 0 bridgehead atoms. The number of hydrogen-bond acceptors (Lipinski definition) is 5. The standard InChI is InChI=1S/C14H20N6/c1-11-3-4-13(9-14(11)20-10-15-17-18-20)16-12-5-7-19(2)8-6-12/h3-4,9-10,12,16H,5-8H2,1-2H3. The quantitative estimate of drug-likeness (QED) is 0.917. The van der Waals surface area contributed by atoms with Crippen molar-refractivity contribution in [2.24, 2.45) is 0 Å². The van der Waals surface area contributed by atoms with Crippen LogP contribution >= 0.6 is 0 Å². The van der Waals surface area contributed by atoms with Crippen LogP contribution in [0.25, 0.3) is 5.69 Å². The molecule has 0 atom stereocenters. The first-order valence-corrected chi connectivity index (χ1v) is 7.01. The molecule has 1 aliphatic rings. The lowest BCUT2D eigenvalue weighted by atomic mass is 10.0. The van der Waals surface area contributed by atoms with Gasteiger partial charge < -0.3 is 10.2 Å². The molecule has 2 aromatic rings. The molecule has 0 aliphatic carbocycles. The predicted molar refractivity (Wildman–Crippen MR) is 78.0 cm³/mol. The molecule has 1 aromatic carbocycles. The zero-order valence-electron chi connectivity index (χ0n) is 12.0. The van der Waals surface area contributed by atoms with E-state index in [0.717, 1.165) is 30.0 Å². The van der Waals surface area contributed by atoms with E-state index in [9.17, 15) is 0 Å². The third-order valence-corrected chi connectivity index (χ3v) is 3.89. The van der Waals surface area contributed by atoms with Crippen molar-refractivity contribution in [1.82, 2.24) is 25.1 Å². The largest absolute Gasteiger partial charge is 0.382 e. The van der Waals surface area contributed by atoms with Crippen molar-refractivity contribution >= 4 is 5.69 Å². The van der Waals surface area contributed by atoms with Gasteiger partial charge in [-0.05, 0) is 68.0 Å². The van der Waals surface area contributed by atoms with Gasteiger partial charge in [0.1, 0.15) is 6.33 Å². The van der Waals surface area contributed by atoms with Gasteiger partial charge in [0.25, 0.3) is 0 Å². The van der Waals surface area contributed by atoms with E-state index in [1.165, 1.54) is 12.8 Å². The second-order valence-electron chi connectivity index (χ2n) is 5.48. The Hall–Kier alpha value is -1.95. The molecule has 0 radical (unpaired) electrons. The number of benzene rings is 1. The maximum atomic E-state index is 3.97. The molecule has 1 fully saturated rings. The number of hydrogen-bond donors (Lipinski definition) is 1. The molecule has 2 heterocycles. The van der Waals surface area contributed by atoms with Gasteiger partial charge in [0.05, 0.1) is 5.69 Å². The van der Waals surface area contributed by atoms with Crippen LogP contribution in [0.1, 0.15) is 18.4 Å². The number of aromatic nitrogens is 4. The first-order valence-electron chi connectivity index (χ1n) is 7.01. The zero-order chi connectivity index (χ0) is 13.9. The Balaban J connectivity index is 1.76. The van der Waals surface area contributed by atoms with Crippen molar-refractivity contribution in [3.8, 4) is 5.69 Å². The van der Waals surface area contributed by atoms with E-state index in [2.05, 4.69) is 57.9 Å². The van der Waals surface area contributed by atoms with E-state index in [1.54, 1.807) is 11.0 Å². The highest BCUT2D eigenvalue weighted by molar-refractivity contribution is 5.55. The van der Waals surface area contributed by atoms with Crippen molar-refractivity contribution in [2.75, 3.05) is 25.5 Å². The smallest absolute Gasteiger partial charge is 0.143 e. The molecular formula is C14H20N6. The van der Waals surface area contributed by atoms with Crippen molar-refractivity contribution < 1.29 is 0 Å². The molecule has 1 N–H and O–H groups in total. The van der Waals surface area contributed by atoms with Gasteiger partial charge in [0.2, 0.25) is 0 Å². The Morgan fingerprint density at radius 3 is 2.75 bits per heavy atom. The maximum absolute atomic E-state index is 3.97. The number of piperidine rings is 1. The van der Waals surface area contributed by atoms with Crippen LogP contribution in [0.2, 0.25) is 0 Å². The van der Waals surface area contributed by atoms with Gasteiger partial charge in [-0.3, -0.25) is 0 Å². The van der Waals surface area contributed by atoms with Crippen molar-refractivity contribution in [3.63, 3.8) is 0 Å². The van der Waals surface area contributed by atoms with Gasteiger partial charge in [0, 0.05) is 11.7 Å². The monoisotopic (exact) mass is 272 g/mol. The fourth-order valence-electron chi connectivity index (χ4n) is 2.61. The second-order valence-corrected chi connectivity index (χ2v) is 5.48. The minimum Gasteiger partial charge on any atom is -0.382 e. The minimum atomic E-state index is 0.552. The molecular weight excluding hydrogens is 252 g/mol. The highest BCUT2D eigenvalue weighted by Crippen LogP contribution is 2.21. The molecule has 1 aromatic heterocycles. The number of aryl methyl sites for hydroxylation is 1. The number of nitrogens with zero attached hydrogens (tertiary/aromatic N) is 5. The maximum Gasteiger partial charge on any atom is 0.143 e. The van der Waals surface area contributed by atoms with E-state index >= 15 is 0 Å². The van der Waals surface area contributed by atoms with Gasteiger partial charge in [-0.1, -0.05) is 6.07 Å². The van der Waals surface area contributed by atoms with E-state index in [0.29, 0.717) is 6.04 Å². The normalized spacial score (nSPS) is 17.3. The molecule has 3 rings (SSSR count). The van der Waals surface area contributed by atoms with E-state index in [-0.39, 0.29) is 0 Å². The van der Waals surface area contributed by atoms with E-state index in [1.807, 2.05) is 0 Å². The minimum absolute atomic E-state index is 0.552. The fourth-order valence-corrected chi connectivity index (χ4v) is 2.61. The lowest BCUT2D eigenvalue weighted by molar-refractivity contribution is 0.264. The SMILES string of the molecule is Cc1ccc(NC2CCN(C)CC2)cc1-n1cnnn1. The van der Waals surface area contributed by atoms with E-state index in [4.69, 9.17) is 0 Å². The second kappa shape index (κ2) is 5.58. The fraction of sp³-hybridized carbons (Fsp3) is 0.500. The van der Waals surface area contributed by atoms with Crippen LogP contribution in [-0.4, -0.2) is 51.3 Å². The van der Waals surface area contributed by atoms with Gasteiger partial charge in [-0.15, -0.1) is 5.10 Å².